The first kappa shape index (κ1) is 35.2. The number of sulfonamides is 1. The fourth-order valence-electron chi connectivity index (χ4n) is 5.16. The Balaban J connectivity index is 1.62. The molecular weight excluding hydrogens is 631 g/mol. The molecule has 2 bridgehead atoms. The van der Waals surface area contributed by atoms with E-state index in [2.05, 4.69) is 15.6 Å². The zero-order valence-corrected chi connectivity index (χ0v) is 27.8. The average Bonchev–Trinajstić information content (AvgIpc) is 3.49. The molecule has 1 aliphatic heterocycles. The minimum absolute atomic E-state index is 0.0119. The van der Waals surface area contributed by atoms with Crippen LogP contribution in [0.15, 0.2) is 54.9 Å². The van der Waals surface area contributed by atoms with Gasteiger partial charge in [0.2, 0.25) is 27.7 Å². The molecule has 2 aromatic carbocycles. The number of imidazole rings is 1. The lowest BCUT2D eigenvalue weighted by Crippen LogP contribution is -2.53. The number of nitrogens with one attached hydrogen (secondary N) is 2. The van der Waals surface area contributed by atoms with Crippen molar-refractivity contribution in [2.75, 3.05) is 50.5 Å². The Morgan fingerprint density at radius 2 is 1.96 bits per heavy atom. The number of hydrogen-bond acceptors (Lipinski definition) is 8. The van der Waals surface area contributed by atoms with E-state index in [0.717, 1.165) is 28.3 Å². The number of halogens is 1. The number of fused-ring (bicyclic) bond motifs is 4. The first-order chi connectivity index (χ1) is 22.4. The summed E-state index contributed by atoms with van der Waals surface area (Å²) >= 11 is 0. The summed E-state index contributed by atoms with van der Waals surface area (Å²) in [5.41, 5.74) is 0.757. The van der Waals surface area contributed by atoms with Crippen LogP contribution < -0.4 is 24.4 Å². The topological polar surface area (TPSA) is 152 Å². The zero-order valence-electron chi connectivity index (χ0n) is 26.9. The molecule has 0 aliphatic carbocycles. The van der Waals surface area contributed by atoms with Crippen LogP contribution in [0.4, 0.5) is 10.1 Å². The van der Waals surface area contributed by atoms with E-state index in [4.69, 9.17) is 9.47 Å². The molecule has 0 unspecified atom stereocenters. The van der Waals surface area contributed by atoms with Crippen LogP contribution in [0.2, 0.25) is 0 Å². The molecule has 13 nitrogen and oxygen atoms in total. The van der Waals surface area contributed by atoms with Gasteiger partial charge >= 0.3 is 0 Å². The minimum Gasteiger partial charge on any atom is -0.493 e. The van der Waals surface area contributed by atoms with Gasteiger partial charge in [0.25, 0.3) is 0 Å². The van der Waals surface area contributed by atoms with Gasteiger partial charge in [0.05, 0.1) is 32.2 Å². The number of hydrogen-bond donors (Lipinski definition) is 2. The Bertz CT molecular complexity index is 1680. The number of carbonyl (C=O) groups is 3. The molecule has 3 aromatic rings. The van der Waals surface area contributed by atoms with Crippen molar-refractivity contribution in [1.82, 2.24) is 25.1 Å². The molecule has 15 heteroatoms. The van der Waals surface area contributed by atoms with E-state index in [1.807, 2.05) is 16.8 Å². The van der Waals surface area contributed by atoms with E-state index in [-0.39, 0.29) is 37.1 Å². The predicted octanol–water partition coefficient (Wildman–Crippen LogP) is 2.42. The highest BCUT2D eigenvalue weighted by Gasteiger charge is 2.28. The number of aryl methyl sites for hydroxylation is 1. The second-order valence-corrected chi connectivity index (χ2v) is 13.4. The molecule has 0 saturated carbocycles. The number of benzene rings is 2. The third kappa shape index (κ3) is 9.44. The van der Waals surface area contributed by atoms with Crippen molar-refractivity contribution in [2.24, 2.45) is 5.92 Å². The van der Waals surface area contributed by atoms with E-state index < -0.39 is 46.8 Å². The van der Waals surface area contributed by atoms with Gasteiger partial charge in [0.15, 0.2) is 11.5 Å². The van der Waals surface area contributed by atoms with Crippen LogP contribution in [0.3, 0.4) is 0 Å². The number of ether oxygens (including phenoxy) is 2. The van der Waals surface area contributed by atoms with Crippen molar-refractivity contribution in [2.45, 2.75) is 39.3 Å². The molecular formula is C32H41FN6O7S. The quantitative estimate of drug-likeness (QED) is 0.405. The molecule has 2 heterocycles. The van der Waals surface area contributed by atoms with Gasteiger partial charge in [-0.15, -0.1) is 0 Å². The standard InChI is InChI=1S/C32H41FN6O7S/c1-22(2)30-32(42)35-12-6-14-37-16-13-34-31(37)23-10-11-26(45-3)27(18-23)46-17-7-15-38(20-28(40)36-30)29(41)21-39(47(4,43)44)25-9-5-8-24(33)19-25/h5,8-11,13,16,18-19,22,30H,6-7,12,14-15,17,20-21H2,1-4H3,(H,35,42)(H,36,40)/t30-/m1/s1. The molecule has 1 aliphatic rings. The summed E-state index contributed by atoms with van der Waals surface area (Å²) in [7, 11) is -2.49. The van der Waals surface area contributed by atoms with Crippen LogP contribution in [0, 0.1) is 11.7 Å². The van der Waals surface area contributed by atoms with E-state index in [0.29, 0.717) is 36.8 Å². The Kier molecular flexibility index (Phi) is 11.8. The third-order valence-electron chi connectivity index (χ3n) is 7.57. The second kappa shape index (κ2) is 15.8. The van der Waals surface area contributed by atoms with Crippen LogP contribution >= 0.6 is 0 Å². The molecule has 2 N–H and O–H groups in total. The SMILES string of the molecule is COc1ccc2cc1OCCCN(C(=O)CN(c1cccc(F)c1)S(C)(=O)=O)CC(=O)N[C@H](C(C)C)C(=O)NCCCn1ccnc1-2. The predicted molar refractivity (Wildman–Crippen MR) is 174 cm³/mol. The van der Waals surface area contributed by atoms with Gasteiger partial charge in [-0.05, 0) is 55.2 Å². The highest BCUT2D eigenvalue weighted by Crippen LogP contribution is 2.32. The summed E-state index contributed by atoms with van der Waals surface area (Å²) in [6.45, 7) is 3.52. The van der Waals surface area contributed by atoms with Crippen molar-refractivity contribution < 1.29 is 36.7 Å². The maximum Gasteiger partial charge on any atom is 0.243 e. The van der Waals surface area contributed by atoms with Crippen LogP contribution in [0.5, 0.6) is 11.5 Å². The maximum absolute atomic E-state index is 14.0. The number of amides is 3. The minimum atomic E-state index is -4.01. The molecule has 3 amide bonds. The van der Waals surface area contributed by atoms with E-state index >= 15 is 0 Å². The summed E-state index contributed by atoms with van der Waals surface area (Å²) in [5, 5.41) is 5.61. The smallest absolute Gasteiger partial charge is 0.243 e. The second-order valence-electron chi connectivity index (χ2n) is 11.5. The highest BCUT2D eigenvalue weighted by atomic mass is 32.2. The maximum atomic E-state index is 14.0. The molecule has 0 spiro atoms. The summed E-state index contributed by atoms with van der Waals surface area (Å²) < 4.78 is 53.6. The van der Waals surface area contributed by atoms with Crippen molar-refractivity contribution in [3.8, 4) is 22.9 Å². The third-order valence-corrected chi connectivity index (χ3v) is 8.71. The van der Waals surface area contributed by atoms with Crippen LogP contribution in [0.1, 0.15) is 26.7 Å². The summed E-state index contributed by atoms with van der Waals surface area (Å²) in [6, 6.07) is 9.45. The molecule has 0 saturated heterocycles. The number of nitrogens with zero attached hydrogens (tertiary/aromatic N) is 4. The number of anilines is 1. The fraction of sp³-hybridized carbons (Fsp3) is 0.438. The Labute approximate surface area is 274 Å². The summed E-state index contributed by atoms with van der Waals surface area (Å²) in [6.07, 6.45) is 5.31. The molecule has 4 rings (SSSR count). The van der Waals surface area contributed by atoms with E-state index in [1.54, 1.807) is 32.2 Å². The summed E-state index contributed by atoms with van der Waals surface area (Å²) in [5.74, 6) is -0.939. The molecule has 0 fully saturated rings. The molecule has 0 radical (unpaired) electrons. The van der Waals surface area contributed by atoms with Gasteiger partial charge < -0.3 is 29.6 Å². The van der Waals surface area contributed by atoms with Gasteiger partial charge in [-0.1, -0.05) is 19.9 Å². The fourth-order valence-corrected chi connectivity index (χ4v) is 6.00. The van der Waals surface area contributed by atoms with Crippen molar-refractivity contribution in [3.05, 3.63) is 60.7 Å². The van der Waals surface area contributed by atoms with Gasteiger partial charge in [-0.2, -0.15) is 0 Å². The van der Waals surface area contributed by atoms with Crippen molar-refractivity contribution >= 4 is 33.4 Å². The van der Waals surface area contributed by atoms with Crippen LogP contribution in [-0.2, 0) is 31.0 Å². The molecule has 254 valence electrons. The van der Waals surface area contributed by atoms with Crippen molar-refractivity contribution in [3.63, 3.8) is 0 Å². The normalized spacial score (nSPS) is 16.9. The molecule has 1 atom stereocenters. The van der Waals surface area contributed by atoms with Gasteiger partial charge in [-0.3, -0.25) is 18.7 Å². The first-order valence-corrected chi connectivity index (χ1v) is 17.1. The first-order valence-electron chi connectivity index (χ1n) is 15.3. The van der Waals surface area contributed by atoms with Gasteiger partial charge in [-0.25, -0.2) is 17.8 Å². The lowest BCUT2D eigenvalue weighted by Gasteiger charge is -2.28. The lowest BCUT2D eigenvalue weighted by atomic mass is 10.0. The van der Waals surface area contributed by atoms with Crippen LogP contribution in [0.25, 0.3) is 11.4 Å². The highest BCUT2D eigenvalue weighted by molar-refractivity contribution is 7.92. The van der Waals surface area contributed by atoms with E-state index in [9.17, 15) is 27.2 Å². The monoisotopic (exact) mass is 672 g/mol. The number of aromatic nitrogens is 2. The Morgan fingerprint density at radius 1 is 1.17 bits per heavy atom. The number of carbonyl (C=O) groups excluding carboxylic acids is 3. The zero-order chi connectivity index (χ0) is 34.1. The van der Waals surface area contributed by atoms with E-state index in [1.165, 1.54) is 24.1 Å². The average molecular weight is 673 g/mol. The number of rotatable bonds is 6. The summed E-state index contributed by atoms with van der Waals surface area (Å²) in [4.78, 5) is 45.7. The van der Waals surface area contributed by atoms with Crippen LogP contribution in [-0.4, -0.2) is 92.8 Å². The largest absolute Gasteiger partial charge is 0.493 e. The van der Waals surface area contributed by atoms with Gasteiger partial charge in [0, 0.05) is 37.6 Å². The van der Waals surface area contributed by atoms with Crippen molar-refractivity contribution in [1.29, 1.82) is 0 Å². The lowest BCUT2D eigenvalue weighted by molar-refractivity contribution is -0.136. The molecule has 47 heavy (non-hydrogen) atoms. The molecule has 1 aromatic heterocycles. The Hall–Kier alpha value is -4.66. The Morgan fingerprint density at radius 3 is 2.66 bits per heavy atom. The number of methoxy groups -OCH3 is 1. The van der Waals surface area contributed by atoms with Gasteiger partial charge in [0.1, 0.15) is 24.2 Å².